The van der Waals surface area contributed by atoms with Gasteiger partial charge in [-0.25, -0.2) is 0 Å². The molecule has 0 saturated carbocycles. The number of benzene rings is 1. The number of primary amides is 1. The van der Waals surface area contributed by atoms with E-state index < -0.39 is 0 Å². The van der Waals surface area contributed by atoms with Crippen LogP contribution in [0.25, 0.3) is 0 Å². The van der Waals surface area contributed by atoms with E-state index in [-0.39, 0.29) is 36.4 Å². The van der Waals surface area contributed by atoms with Gasteiger partial charge >= 0.3 is 0 Å². The number of nitrogens with zero attached hydrogens (tertiary/aromatic N) is 1. The predicted octanol–water partition coefficient (Wildman–Crippen LogP) is 1.94. The average Bonchev–Trinajstić information content (AvgIpc) is 2.59. The molecule has 0 spiro atoms. The lowest BCUT2D eigenvalue weighted by molar-refractivity contribution is -0.134. The fourth-order valence-corrected chi connectivity index (χ4v) is 2.89. The second-order valence-corrected chi connectivity index (χ2v) is 6.05. The molecule has 1 aliphatic heterocycles. The molecule has 5 nitrogen and oxygen atoms in total. The molecule has 1 atom stereocenters. The summed E-state index contributed by atoms with van der Waals surface area (Å²) < 4.78 is 0. The van der Waals surface area contributed by atoms with Gasteiger partial charge in [-0.15, -0.1) is 0 Å². The van der Waals surface area contributed by atoms with Crippen molar-refractivity contribution < 1.29 is 14.4 Å². The molecular formula is C18H24N2O3. The second kappa shape index (κ2) is 7.90. The number of rotatable bonds is 6. The van der Waals surface area contributed by atoms with Crippen LogP contribution in [0.15, 0.2) is 24.3 Å². The van der Waals surface area contributed by atoms with Gasteiger partial charge in [-0.1, -0.05) is 31.2 Å². The van der Waals surface area contributed by atoms with Crippen molar-refractivity contribution >= 4 is 17.6 Å². The van der Waals surface area contributed by atoms with Crippen molar-refractivity contribution in [3.8, 4) is 0 Å². The summed E-state index contributed by atoms with van der Waals surface area (Å²) >= 11 is 0. The first kappa shape index (κ1) is 17.2. The fraction of sp³-hybridized carbons (Fsp3) is 0.500. The molecule has 1 fully saturated rings. The Morgan fingerprint density at radius 3 is 2.48 bits per heavy atom. The molecule has 0 aromatic heterocycles. The van der Waals surface area contributed by atoms with Crippen LogP contribution in [0, 0.1) is 5.92 Å². The molecule has 1 aliphatic rings. The Morgan fingerprint density at radius 1 is 1.17 bits per heavy atom. The number of nitrogens with two attached hydrogens (primary N) is 1. The topological polar surface area (TPSA) is 80.5 Å². The molecule has 2 N–H and O–H groups in total. The zero-order chi connectivity index (χ0) is 16.8. The Hall–Kier alpha value is -2.17. The summed E-state index contributed by atoms with van der Waals surface area (Å²) in [4.78, 5) is 37.3. The number of ketones is 1. The number of hydrogen-bond donors (Lipinski definition) is 1. The standard InChI is InChI=1S/C18H24N2O3/c1-2-13-5-7-14(8-6-13)16(21)9-10-17(22)20-11-3-4-15(12-20)18(19)23/h5-8,15H,2-4,9-12H2,1H3,(H2,19,23). The number of carbonyl (C=O) groups is 3. The van der Waals surface area contributed by atoms with E-state index in [4.69, 9.17) is 5.73 Å². The van der Waals surface area contributed by atoms with Crippen LogP contribution in [0.1, 0.15) is 48.5 Å². The molecule has 1 heterocycles. The third kappa shape index (κ3) is 4.65. The number of Topliss-reactive ketones (excluding diaryl/α,β-unsaturated/α-hetero) is 1. The molecule has 1 aromatic rings. The van der Waals surface area contributed by atoms with Crippen molar-refractivity contribution in [3.05, 3.63) is 35.4 Å². The highest BCUT2D eigenvalue weighted by Gasteiger charge is 2.26. The Balaban J connectivity index is 1.85. The van der Waals surface area contributed by atoms with E-state index >= 15 is 0 Å². The summed E-state index contributed by atoms with van der Waals surface area (Å²) in [5.74, 6) is -0.710. The van der Waals surface area contributed by atoms with Gasteiger partial charge in [0.25, 0.3) is 0 Å². The maximum absolute atomic E-state index is 12.2. The first-order valence-electron chi connectivity index (χ1n) is 8.20. The summed E-state index contributed by atoms with van der Waals surface area (Å²) in [5, 5.41) is 0. The van der Waals surface area contributed by atoms with Gasteiger partial charge in [-0.05, 0) is 24.8 Å². The molecule has 5 heteroatoms. The van der Waals surface area contributed by atoms with E-state index in [0.29, 0.717) is 18.7 Å². The minimum absolute atomic E-state index is 0.0236. The van der Waals surface area contributed by atoms with Crippen molar-refractivity contribution in [1.29, 1.82) is 0 Å². The summed E-state index contributed by atoms with van der Waals surface area (Å²) in [6.07, 6.45) is 2.83. The molecule has 2 rings (SSSR count). The van der Waals surface area contributed by atoms with Crippen molar-refractivity contribution in [1.82, 2.24) is 4.90 Å². The monoisotopic (exact) mass is 316 g/mol. The van der Waals surface area contributed by atoms with E-state index in [9.17, 15) is 14.4 Å². The van der Waals surface area contributed by atoms with Gasteiger partial charge in [0.15, 0.2) is 5.78 Å². The van der Waals surface area contributed by atoms with Crippen LogP contribution in [-0.2, 0) is 16.0 Å². The lowest BCUT2D eigenvalue weighted by atomic mass is 9.97. The quantitative estimate of drug-likeness (QED) is 0.814. The maximum atomic E-state index is 12.2. The number of amides is 2. The van der Waals surface area contributed by atoms with Gasteiger partial charge in [-0.3, -0.25) is 14.4 Å². The van der Waals surface area contributed by atoms with Crippen molar-refractivity contribution in [2.75, 3.05) is 13.1 Å². The van der Waals surface area contributed by atoms with Crippen LogP contribution >= 0.6 is 0 Å². The van der Waals surface area contributed by atoms with Gasteiger partial charge in [-0.2, -0.15) is 0 Å². The van der Waals surface area contributed by atoms with E-state index in [2.05, 4.69) is 6.92 Å². The maximum Gasteiger partial charge on any atom is 0.223 e. The number of piperidine rings is 1. The number of likely N-dealkylation sites (tertiary alicyclic amines) is 1. The lowest BCUT2D eigenvalue weighted by Crippen LogP contribution is -2.44. The summed E-state index contributed by atoms with van der Waals surface area (Å²) in [6, 6.07) is 7.51. The van der Waals surface area contributed by atoms with E-state index in [1.54, 1.807) is 4.90 Å². The largest absolute Gasteiger partial charge is 0.369 e. The van der Waals surface area contributed by atoms with Crippen LogP contribution in [0.2, 0.25) is 0 Å². The molecule has 0 aliphatic carbocycles. The first-order valence-corrected chi connectivity index (χ1v) is 8.20. The molecule has 23 heavy (non-hydrogen) atoms. The van der Waals surface area contributed by atoms with Gasteiger partial charge in [0, 0.05) is 31.5 Å². The van der Waals surface area contributed by atoms with E-state index in [1.807, 2.05) is 24.3 Å². The normalized spacial score (nSPS) is 17.8. The zero-order valence-electron chi connectivity index (χ0n) is 13.6. The third-order valence-electron chi connectivity index (χ3n) is 4.43. The molecule has 1 saturated heterocycles. The van der Waals surface area contributed by atoms with Gasteiger partial charge < -0.3 is 10.6 Å². The van der Waals surface area contributed by atoms with E-state index in [0.717, 1.165) is 19.3 Å². The van der Waals surface area contributed by atoms with Gasteiger partial charge in [0.05, 0.1) is 5.92 Å². The zero-order valence-corrected chi connectivity index (χ0v) is 13.6. The SMILES string of the molecule is CCc1ccc(C(=O)CCC(=O)N2CCCC(C(N)=O)C2)cc1. The van der Waals surface area contributed by atoms with Crippen LogP contribution < -0.4 is 5.73 Å². The second-order valence-electron chi connectivity index (χ2n) is 6.05. The third-order valence-corrected chi connectivity index (χ3v) is 4.43. The molecule has 2 amide bonds. The van der Waals surface area contributed by atoms with Crippen molar-refractivity contribution in [2.24, 2.45) is 11.7 Å². The molecular weight excluding hydrogens is 292 g/mol. The van der Waals surface area contributed by atoms with Crippen LogP contribution in [0.5, 0.6) is 0 Å². The molecule has 0 bridgehead atoms. The Labute approximate surface area is 136 Å². The van der Waals surface area contributed by atoms with Crippen LogP contribution in [0.4, 0.5) is 0 Å². The Morgan fingerprint density at radius 2 is 1.87 bits per heavy atom. The average molecular weight is 316 g/mol. The van der Waals surface area contributed by atoms with Gasteiger partial charge in [0.2, 0.25) is 11.8 Å². The van der Waals surface area contributed by atoms with Crippen molar-refractivity contribution in [2.45, 2.75) is 39.0 Å². The number of hydrogen-bond acceptors (Lipinski definition) is 3. The Bertz CT molecular complexity index is 580. The Kier molecular flexibility index (Phi) is 5.90. The molecule has 1 unspecified atom stereocenters. The highest BCUT2D eigenvalue weighted by atomic mass is 16.2. The molecule has 124 valence electrons. The lowest BCUT2D eigenvalue weighted by Gasteiger charge is -2.31. The van der Waals surface area contributed by atoms with Crippen molar-refractivity contribution in [3.63, 3.8) is 0 Å². The van der Waals surface area contributed by atoms with Crippen LogP contribution in [-0.4, -0.2) is 35.6 Å². The minimum atomic E-state index is -0.352. The number of carbonyl (C=O) groups excluding carboxylic acids is 3. The summed E-state index contributed by atoms with van der Waals surface area (Å²) in [5.41, 5.74) is 7.15. The highest BCUT2D eigenvalue weighted by molar-refractivity contribution is 5.98. The first-order chi connectivity index (χ1) is 11.0. The number of aryl methyl sites for hydroxylation is 1. The summed E-state index contributed by atoms with van der Waals surface area (Å²) in [6.45, 7) is 3.09. The fourth-order valence-electron chi connectivity index (χ4n) is 2.89. The smallest absolute Gasteiger partial charge is 0.223 e. The summed E-state index contributed by atoms with van der Waals surface area (Å²) in [7, 11) is 0. The highest BCUT2D eigenvalue weighted by Crippen LogP contribution is 2.17. The van der Waals surface area contributed by atoms with Crippen LogP contribution in [0.3, 0.4) is 0 Å². The minimum Gasteiger partial charge on any atom is -0.369 e. The van der Waals surface area contributed by atoms with Gasteiger partial charge in [0.1, 0.15) is 0 Å². The molecule has 1 aromatic carbocycles. The molecule has 0 radical (unpaired) electrons. The predicted molar refractivity (Wildman–Crippen MR) is 87.9 cm³/mol. The van der Waals surface area contributed by atoms with E-state index in [1.165, 1.54) is 5.56 Å².